The lowest BCUT2D eigenvalue weighted by Gasteiger charge is -2.29. The number of anilines is 1. The second-order valence-corrected chi connectivity index (χ2v) is 9.64. The van der Waals surface area contributed by atoms with Gasteiger partial charge < -0.3 is 14.8 Å². The predicted octanol–water partition coefficient (Wildman–Crippen LogP) is 3.91. The van der Waals surface area contributed by atoms with Crippen LogP contribution >= 0.6 is 0 Å². The fourth-order valence-electron chi connectivity index (χ4n) is 5.13. The standard InChI is InChI=1S/C26H31FN6O4/c1-16(17-8-4-3-5-9-17)37-21-13-20(33-26(35)32-11-7-6-10-23(32)31-33)19(27)12-18(21)25(34)30-22-14-28-15-24(29-22)36-2/h12-17H,3-11H2,1-2H3,(H,29,30,34)/t16-/m0/s1. The fourth-order valence-corrected chi connectivity index (χ4v) is 5.13. The highest BCUT2D eigenvalue weighted by Crippen LogP contribution is 2.32. The number of hydrogen-bond donors (Lipinski definition) is 1. The number of nitrogens with one attached hydrogen (secondary N) is 1. The molecule has 5 rings (SSSR count). The van der Waals surface area contributed by atoms with Crippen molar-refractivity contribution in [2.24, 2.45) is 5.92 Å². The van der Waals surface area contributed by atoms with Crippen LogP contribution < -0.4 is 20.5 Å². The normalized spacial score (nSPS) is 16.6. The fraction of sp³-hybridized carbons (Fsp3) is 0.500. The van der Waals surface area contributed by atoms with Crippen LogP contribution in [0.2, 0.25) is 0 Å². The monoisotopic (exact) mass is 510 g/mol. The summed E-state index contributed by atoms with van der Waals surface area (Å²) in [5, 5.41) is 7.03. The van der Waals surface area contributed by atoms with E-state index in [-0.39, 0.29) is 34.8 Å². The Kier molecular flexibility index (Phi) is 7.20. The number of methoxy groups -OCH3 is 1. The van der Waals surface area contributed by atoms with Gasteiger partial charge in [-0.05, 0) is 44.6 Å². The van der Waals surface area contributed by atoms with E-state index in [0.717, 1.165) is 49.3 Å². The van der Waals surface area contributed by atoms with Crippen LogP contribution in [0.3, 0.4) is 0 Å². The maximum Gasteiger partial charge on any atom is 0.350 e. The lowest BCUT2D eigenvalue weighted by molar-refractivity contribution is 0.0996. The summed E-state index contributed by atoms with van der Waals surface area (Å²) >= 11 is 0. The van der Waals surface area contributed by atoms with Gasteiger partial charge >= 0.3 is 5.69 Å². The number of fused-ring (bicyclic) bond motifs is 1. The molecule has 1 amide bonds. The maximum absolute atomic E-state index is 15.5. The van der Waals surface area contributed by atoms with Crippen molar-refractivity contribution < 1.29 is 18.7 Å². The number of amides is 1. The molecule has 37 heavy (non-hydrogen) atoms. The number of carbonyl (C=O) groups excluding carboxylic acids is 1. The minimum atomic E-state index is -0.753. The molecule has 1 atom stereocenters. The molecule has 1 N–H and O–H groups in total. The van der Waals surface area contributed by atoms with Gasteiger partial charge in [-0.2, -0.15) is 9.67 Å². The van der Waals surface area contributed by atoms with Gasteiger partial charge in [0.15, 0.2) is 5.82 Å². The Bertz CT molecular complexity index is 1350. The number of aryl methyl sites for hydroxylation is 1. The molecule has 0 bridgehead atoms. The molecule has 11 heteroatoms. The van der Waals surface area contributed by atoms with E-state index in [1.54, 1.807) is 4.57 Å². The smallest absolute Gasteiger partial charge is 0.350 e. The van der Waals surface area contributed by atoms with Crippen LogP contribution in [-0.4, -0.2) is 43.4 Å². The lowest BCUT2D eigenvalue weighted by Crippen LogP contribution is -2.28. The summed E-state index contributed by atoms with van der Waals surface area (Å²) < 4.78 is 29.5. The van der Waals surface area contributed by atoms with Crippen molar-refractivity contribution in [3.8, 4) is 17.3 Å². The number of rotatable bonds is 7. The molecule has 196 valence electrons. The highest BCUT2D eigenvalue weighted by atomic mass is 19.1. The van der Waals surface area contributed by atoms with Crippen molar-refractivity contribution >= 4 is 11.7 Å². The first kappa shape index (κ1) is 24.9. The van der Waals surface area contributed by atoms with Gasteiger partial charge in [-0.25, -0.2) is 9.18 Å². The minimum absolute atomic E-state index is 0.00875. The maximum atomic E-state index is 15.5. The average Bonchev–Trinajstić information content (AvgIpc) is 3.26. The van der Waals surface area contributed by atoms with E-state index in [2.05, 4.69) is 20.4 Å². The van der Waals surface area contributed by atoms with Crippen LogP contribution in [0.4, 0.5) is 10.2 Å². The molecule has 1 aromatic carbocycles. The third-order valence-corrected chi connectivity index (χ3v) is 7.18. The van der Waals surface area contributed by atoms with Crippen LogP contribution in [-0.2, 0) is 13.0 Å². The zero-order valence-electron chi connectivity index (χ0n) is 21.1. The highest BCUT2D eigenvalue weighted by molar-refractivity contribution is 6.06. The van der Waals surface area contributed by atoms with Gasteiger partial charge in [-0.1, -0.05) is 19.3 Å². The molecule has 3 aromatic rings. The number of carbonyl (C=O) groups is 1. The van der Waals surface area contributed by atoms with E-state index in [4.69, 9.17) is 9.47 Å². The molecule has 1 fully saturated rings. The van der Waals surface area contributed by atoms with Crippen LogP contribution in [0, 0.1) is 11.7 Å². The van der Waals surface area contributed by atoms with Gasteiger partial charge in [0.25, 0.3) is 5.91 Å². The molecule has 0 spiro atoms. The molecule has 3 heterocycles. The molecule has 1 saturated carbocycles. The molecule has 0 radical (unpaired) electrons. The molecule has 10 nitrogen and oxygen atoms in total. The van der Waals surface area contributed by atoms with Crippen molar-refractivity contribution in [2.45, 2.75) is 70.9 Å². The van der Waals surface area contributed by atoms with Gasteiger partial charge in [0.2, 0.25) is 5.88 Å². The third kappa shape index (κ3) is 5.21. The Morgan fingerprint density at radius 2 is 1.97 bits per heavy atom. The Morgan fingerprint density at radius 3 is 2.73 bits per heavy atom. The largest absolute Gasteiger partial charge is 0.490 e. The van der Waals surface area contributed by atoms with E-state index in [9.17, 15) is 9.59 Å². The summed E-state index contributed by atoms with van der Waals surface area (Å²) in [6.45, 7) is 2.52. The van der Waals surface area contributed by atoms with Crippen molar-refractivity contribution in [1.29, 1.82) is 0 Å². The molecule has 1 aliphatic carbocycles. The summed E-state index contributed by atoms with van der Waals surface area (Å²) in [7, 11) is 1.44. The zero-order valence-corrected chi connectivity index (χ0v) is 21.1. The van der Waals surface area contributed by atoms with Crippen molar-refractivity contribution in [2.75, 3.05) is 12.4 Å². The topological polar surface area (TPSA) is 113 Å². The number of hydrogen-bond acceptors (Lipinski definition) is 7. The molecular formula is C26H31FN6O4. The number of ether oxygens (including phenoxy) is 2. The summed E-state index contributed by atoms with van der Waals surface area (Å²) in [4.78, 5) is 34.4. The second kappa shape index (κ2) is 10.7. The summed E-state index contributed by atoms with van der Waals surface area (Å²) in [5.41, 5.74) is -0.454. The molecular weight excluding hydrogens is 479 g/mol. The van der Waals surface area contributed by atoms with Gasteiger partial charge in [0, 0.05) is 19.0 Å². The van der Waals surface area contributed by atoms with Gasteiger partial charge in [-0.15, -0.1) is 5.10 Å². The van der Waals surface area contributed by atoms with E-state index in [1.165, 1.54) is 32.0 Å². The van der Waals surface area contributed by atoms with E-state index >= 15 is 4.39 Å². The summed E-state index contributed by atoms with van der Waals surface area (Å²) in [5.74, 6) is 0.147. The first-order chi connectivity index (χ1) is 17.9. The average molecular weight is 511 g/mol. The lowest BCUT2D eigenvalue weighted by atomic mass is 9.86. The van der Waals surface area contributed by atoms with Crippen LogP contribution in [0.5, 0.6) is 11.6 Å². The quantitative estimate of drug-likeness (QED) is 0.513. The summed E-state index contributed by atoms with van der Waals surface area (Å²) in [6.07, 6.45) is 10.6. The minimum Gasteiger partial charge on any atom is -0.490 e. The molecule has 2 aliphatic rings. The van der Waals surface area contributed by atoms with Crippen molar-refractivity contribution in [3.05, 3.63) is 52.2 Å². The van der Waals surface area contributed by atoms with Gasteiger partial charge in [-0.3, -0.25) is 14.3 Å². The molecule has 0 saturated heterocycles. The summed E-state index contributed by atoms with van der Waals surface area (Å²) in [6, 6.07) is 2.49. The first-order valence-electron chi connectivity index (χ1n) is 12.8. The first-order valence-corrected chi connectivity index (χ1v) is 12.8. The van der Waals surface area contributed by atoms with Crippen LogP contribution in [0.15, 0.2) is 29.3 Å². The molecule has 2 aromatic heterocycles. The number of nitrogens with zero attached hydrogens (tertiary/aromatic N) is 5. The Labute approximate surface area is 213 Å². The van der Waals surface area contributed by atoms with Gasteiger partial charge in [0.1, 0.15) is 23.1 Å². The Balaban J connectivity index is 1.52. The Hall–Kier alpha value is -3.76. The van der Waals surface area contributed by atoms with Crippen LogP contribution in [0.25, 0.3) is 5.69 Å². The van der Waals surface area contributed by atoms with E-state index < -0.39 is 17.4 Å². The molecule has 0 unspecified atom stereocenters. The highest BCUT2D eigenvalue weighted by Gasteiger charge is 2.27. The van der Waals surface area contributed by atoms with E-state index in [0.29, 0.717) is 24.7 Å². The Morgan fingerprint density at radius 1 is 1.16 bits per heavy atom. The second-order valence-electron chi connectivity index (χ2n) is 9.64. The van der Waals surface area contributed by atoms with Crippen molar-refractivity contribution in [3.63, 3.8) is 0 Å². The van der Waals surface area contributed by atoms with Gasteiger partial charge in [0.05, 0.1) is 31.2 Å². The number of benzene rings is 1. The zero-order chi connectivity index (χ0) is 25.9. The SMILES string of the molecule is COc1cncc(NC(=O)c2cc(F)c(-n3nc4n(c3=O)CCCC4)cc2O[C@@H](C)C2CCCCC2)n1. The van der Waals surface area contributed by atoms with E-state index in [1.807, 2.05) is 6.92 Å². The number of aromatic nitrogens is 5. The predicted molar refractivity (Wildman–Crippen MR) is 134 cm³/mol. The number of halogens is 1. The van der Waals surface area contributed by atoms with Crippen molar-refractivity contribution in [1.82, 2.24) is 24.3 Å². The third-order valence-electron chi connectivity index (χ3n) is 7.18. The van der Waals surface area contributed by atoms with Crippen LogP contribution in [0.1, 0.15) is 68.1 Å². The molecule has 1 aliphatic heterocycles.